The van der Waals surface area contributed by atoms with Crippen LogP contribution in [0.2, 0.25) is 5.02 Å². The SMILES string of the molecule is C/C=C(\C(=NC)C(F)(F)F)c1cnc(C(C)=O)n1C.CC.CC(=O)c1ccc(C)cc1Cl.CC1C=C(F)C1.CCCC([C-]=O)CCC.O=CO.[CH2-]C1[C@H](C)C1([CH2-])N.[K+]. The Hall–Kier alpha value is -2.33. The Balaban J connectivity index is -0.000000322. The van der Waals surface area contributed by atoms with E-state index in [0.29, 0.717) is 34.8 Å². The number of rotatable bonds is 9. The van der Waals surface area contributed by atoms with Crippen molar-refractivity contribution in [2.45, 2.75) is 113 Å². The van der Waals surface area contributed by atoms with Gasteiger partial charge in [-0.25, -0.2) is 9.37 Å². The molecule has 0 radical (unpaired) electrons. The molecule has 1 saturated carbocycles. The van der Waals surface area contributed by atoms with E-state index in [1.807, 2.05) is 33.8 Å². The van der Waals surface area contributed by atoms with Gasteiger partial charge in [0.15, 0.2) is 17.4 Å². The number of nitrogens with zero attached hydrogens (tertiary/aromatic N) is 3. The van der Waals surface area contributed by atoms with Crippen LogP contribution in [0.1, 0.15) is 127 Å². The number of benzene rings is 1. The van der Waals surface area contributed by atoms with Crippen molar-refractivity contribution in [3.63, 3.8) is 0 Å². The smallest absolute Gasteiger partial charge is 0.542 e. The monoisotopic (exact) mass is 866 g/mol. The number of aryl methyl sites for hydroxylation is 1. The third kappa shape index (κ3) is 23.5. The molecule has 1 aromatic heterocycles. The molecule has 3 N–H and O–H groups in total. The quantitative estimate of drug-likeness (QED) is 0.0648. The molecule has 324 valence electrons. The molecule has 1 fully saturated rings. The fourth-order valence-electron chi connectivity index (χ4n) is 4.99. The third-order valence-electron chi connectivity index (χ3n) is 8.57. The Bertz CT molecular complexity index is 1610. The minimum absolute atomic E-state index is 0. The molecule has 15 heteroatoms. The van der Waals surface area contributed by atoms with Crippen molar-refractivity contribution in [2.24, 2.45) is 41.4 Å². The van der Waals surface area contributed by atoms with Crippen LogP contribution in [0.3, 0.4) is 0 Å². The first kappa shape index (κ1) is 62.3. The zero-order chi connectivity index (χ0) is 45.3. The van der Waals surface area contributed by atoms with E-state index in [4.69, 9.17) is 27.2 Å². The van der Waals surface area contributed by atoms with E-state index in [2.05, 4.69) is 50.9 Å². The van der Waals surface area contributed by atoms with Gasteiger partial charge in [-0.3, -0.25) is 25.7 Å². The number of aromatic nitrogens is 2. The van der Waals surface area contributed by atoms with E-state index >= 15 is 0 Å². The number of hydrogen-bond acceptors (Lipinski definition) is 7. The van der Waals surface area contributed by atoms with E-state index in [1.165, 1.54) is 44.7 Å². The van der Waals surface area contributed by atoms with Crippen molar-refractivity contribution >= 4 is 47.2 Å². The minimum atomic E-state index is -4.56. The summed E-state index contributed by atoms with van der Waals surface area (Å²) < 4.78 is 51.6. The maximum absolute atomic E-state index is 12.9. The average Bonchev–Trinajstić information content (AvgIpc) is 3.36. The van der Waals surface area contributed by atoms with Crippen LogP contribution in [0.5, 0.6) is 0 Å². The summed E-state index contributed by atoms with van der Waals surface area (Å²) in [5, 5.41) is 7.43. The van der Waals surface area contributed by atoms with Gasteiger partial charge in [-0.15, -0.1) is 11.5 Å². The van der Waals surface area contributed by atoms with Crippen LogP contribution in [0, 0.1) is 44.4 Å². The van der Waals surface area contributed by atoms with Gasteiger partial charge in [0.05, 0.1) is 22.7 Å². The zero-order valence-corrected chi connectivity index (χ0v) is 40.6. The van der Waals surface area contributed by atoms with E-state index in [-0.39, 0.29) is 104 Å². The Morgan fingerprint density at radius 3 is 1.84 bits per heavy atom. The predicted octanol–water partition coefficient (Wildman–Crippen LogP) is 8.05. The molecule has 0 bridgehead atoms. The van der Waals surface area contributed by atoms with Gasteiger partial charge in [-0.05, 0) is 50.5 Å². The van der Waals surface area contributed by atoms with Crippen molar-refractivity contribution in [3.8, 4) is 0 Å². The summed E-state index contributed by atoms with van der Waals surface area (Å²) in [6, 6.07) is 5.42. The molecule has 1 heterocycles. The number of allylic oxidation sites excluding steroid dienone is 4. The van der Waals surface area contributed by atoms with Crippen molar-refractivity contribution < 1.29 is 93.2 Å². The first-order valence-corrected chi connectivity index (χ1v) is 19.1. The van der Waals surface area contributed by atoms with Gasteiger partial charge in [0.1, 0.15) is 5.71 Å². The van der Waals surface area contributed by atoms with Crippen LogP contribution in [-0.2, 0) is 16.6 Å². The van der Waals surface area contributed by atoms with Gasteiger partial charge in [0, 0.05) is 38.6 Å². The number of alkyl halides is 3. The zero-order valence-electron chi connectivity index (χ0n) is 36.7. The van der Waals surface area contributed by atoms with E-state index in [1.54, 1.807) is 18.2 Å². The van der Waals surface area contributed by atoms with Crippen molar-refractivity contribution in [2.75, 3.05) is 7.05 Å². The van der Waals surface area contributed by atoms with Crippen LogP contribution in [-0.4, -0.2) is 63.5 Å². The first-order valence-electron chi connectivity index (χ1n) is 18.8. The molecule has 4 rings (SSSR count). The van der Waals surface area contributed by atoms with E-state index < -0.39 is 11.9 Å². The maximum atomic E-state index is 12.9. The summed E-state index contributed by atoms with van der Waals surface area (Å²) in [5.74, 6) is 1.47. The number of carbonyl (C=O) groups is 3. The summed E-state index contributed by atoms with van der Waals surface area (Å²) in [5.41, 5.74) is 6.16. The number of Topliss-reactive ketones (excluding diaryl/α,β-unsaturated/α-hetero) is 2. The molecule has 9 nitrogen and oxygen atoms in total. The second-order valence-electron chi connectivity index (χ2n) is 13.2. The van der Waals surface area contributed by atoms with Gasteiger partial charge >= 0.3 is 57.6 Å². The Kier molecular flexibility index (Phi) is 34.9. The second kappa shape index (κ2) is 32.4. The average molecular weight is 868 g/mol. The maximum Gasteiger partial charge on any atom is 1.00 e. The number of nitrogens with two attached hydrogens (primary N) is 1. The molecule has 1 aromatic carbocycles. The molecule has 3 unspecified atom stereocenters. The fourth-order valence-corrected chi connectivity index (χ4v) is 5.36. The van der Waals surface area contributed by atoms with Gasteiger partial charge < -0.3 is 34.0 Å². The molecule has 0 aliphatic heterocycles. The van der Waals surface area contributed by atoms with Crippen LogP contribution in [0.15, 0.2) is 47.4 Å². The van der Waals surface area contributed by atoms with Gasteiger partial charge in [0.25, 0.3) is 6.47 Å². The van der Waals surface area contributed by atoms with Crippen LogP contribution in [0.25, 0.3) is 5.57 Å². The predicted molar refractivity (Wildman–Crippen MR) is 225 cm³/mol. The molecule has 0 amide bonds. The van der Waals surface area contributed by atoms with Crippen LogP contribution >= 0.6 is 11.6 Å². The van der Waals surface area contributed by atoms with Crippen molar-refractivity contribution in [1.82, 2.24) is 9.55 Å². The fraction of sp³-hybridized carbons (Fsp3) is 0.535. The largest absolute Gasteiger partial charge is 1.00 e. The normalized spacial score (nSPS) is 18.8. The number of carbonyl (C=O) groups excluding carboxylic acids is 3. The van der Waals surface area contributed by atoms with Gasteiger partial charge in [-0.2, -0.15) is 19.1 Å². The van der Waals surface area contributed by atoms with E-state index in [9.17, 15) is 31.9 Å². The Morgan fingerprint density at radius 2 is 1.62 bits per heavy atom. The summed E-state index contributed by atoms with van der Waals surface area (Å²) in [6.45, 7) is 25.8. The molecule has 2 aromatic rings. The van der Waals surface area contributed by atoms with Crippen LogP contribution in [0.4, 0.5) is 17.6 Å². The molecule has 0 spiro atoms. The first-order chi connectivity index (χ1) is 26.5. The number of hydrogen-bond donors (Lipinski definition) is 2. The van der Waals surface area contributed by atoms with Crippen LogP contribution < -0.4 is 57.1 Å². The number of carboxylic acid groups (broad SMARTS) is 1. The van der Waals surface area contributed by atoms with Crippen molar-refractivity contribution in [1.29, 1.82) is 0 Å². The Labute approximate surface area is 392 Å². The third-order valence-corrected chi connectivity index (χ3v) is 8.89. The number of aliphatic imine (C=N–C) groups is 1. The molecule has 4 atom stereocenters. The van der Waals surface area contributed by atoms with Crippen molar-refractivity contribution in [3.05, 3.63) is 83.9 Å². The summed E-state index contributed by atoms with van der Waals surface area (Å²) in [4.78, 5) is 47.8. The number of imidazole rings is 1. The number of halogens is 5. The molecule has 0 saturated heterocycles. The van der Waals surface area contributed by atoms with Gasteiger partial charge in [0.2, 0.25) is 0 Å². The summed E-state index contributed by atoms with van der Waals surface area (Å²) >= 11 is 5.80. The van der Waals surface area contributed by atoms with Gasteiger partial charge in [-0.1, -0.05) is 96.9 Å². The molecular formula is C43H64ClF4KN4O5-2. The summed E-state index contributed by atoms with van der Waals surface area (Å²) in [7, 11) is 2.57. The van der Waals surface area contributed by atoms with E-state index in [0.717, 1.165) is 38.3 Å². The topological polar surface area (TPSA) is 145 Å². The number of ketones is 2. The summed E-state index contributed by atoms with van der Waals surface area (Å²) in [6.07, 6.45) is 6.56. The Morgan fingerprint density at radius 1 is 1.17 bits per heavy atom. The molecule has 2 aliphatic rings. The molecular weight excluding hydrogens is 803 g/mol. The molecule has 58 heavy (non-hydrogen) atoms. The standard InChI is InChI=1S/C12H14F3N3O.C9H9ClO.C8H15O.C6H11N.C5H7F.C2H6.CH2O2.K/c1-5-8(10(16-3)12(13,14)15)9-6-17-11(7(2)19)18(9)4;1-6-3-4-8(7(2)11)9(10)5-6;1-3-5-8(7-9)6-4-2;1-4-5(2)6(4,3)7;1-4-2-5(6)3-4;1-2;2-1-3;/h5-6H,1-4H3;3-5H,1-2H3;8H,3-6H2,1-2H3;4-5H,1,3,7H2,2H3;2,4H,3H2,1H3;1-2H3;1H,(H,2,3);/q;;-1;-2;;;;+1/b8-5-,16-10?;;;;;;;/t;;;4?,5-,6?;;;;/m...0..../s1. The molecule has 2 aliphatic carbocycles. The minimum Gasteiger partial charge on any atom is -0.542 e. The second-order valence-corrected chi connectivity index (χ2v) is 13.6.